The number of sulfonamides is 1. The second-order valence-electron chi connectivity index (χ2n) is 4.67. The maximum atomic E-state index is 12.0. The van der Waals surface area contributed by atoms with Gasteiger partial charge in [-0.25, -0.2) is 18.1 Å². The monoisotopic (exact) mass is 269 g/mol. The van der Waals surface area contributed by atoms with Crippen LogP contribution in [0.25, 0.3) is 0 Å². The van der Waals surface area contributed by atoms with Crippen LogP contribution in [0.5, 0.6) is 0 Å². The first-order valence-electron chi connectivity index (χ1n) is 6.24. The summed E-state index contributed by atoms with van der Waals surface area (Å²) in [6.07, 6.45) is 4.86. The molecule has 0 amide bonds. The number of rotatable bonds is 4. The number of hydrogen-bond donors (Lipinski definition) is 2. The normalized spacial score (nSPS) is 20.8. The van der Waals surface area contributed by atoms with Crippen LogP contribution in [0, 0.1) is 6.92 Å². The minimum absolute atomic E-state index is 0.0957. The van der Waals surface area contributed by atoms with Crippen molar-refractivity contribution in [3.05, 3.63) is 23.9 Å². The van der Waals surface area contributed by atoms with Gasteiger partial charge in [-0.15, -0.1) is 0 Å². The number of nitrogens with one attached hydrogen (secondary N) is 2. The van der Waals surface area contributed by atoms with Crippen LogP contribution >= 0.6 is 0 Å². The molecule has 18 heavy (non-hydrogen) atoms. The number of aromatic nitrogens is 1. The third kappa shape index (κ3) is 3.51. The smallest absolute Gasteiger partial charge is 0.258 e. The Morgan fingerprint density at radius 3 is 3.00 bits per heavy atom. The molecule has 0 aromatic carbocycles. The van der Waals surface area contributed by atoms with Crippen LogP contribution < -0.4 is 10.0 Å². The summed E-state index contributed by atoms with van der Waals surface area (Å²) in [5, 5.41) is 3.40. The Balaban J connectivity index is 1.98. The predicted octanol–water partition coefficient (Wildman–Crippen LogP) is 0.810. The second kappa shape index (κ2) is 5.77. The molecule has 0 saturated carbocycles. The molecule has 5 nitrogen and oxygen atoms in total. The van der Waals surface area contributed by atoms with Crippen LogP contribution in [0.2, 0.25) is 0 Å². The van der Waals surface area contributed by atoms with Gasteiger partial charge in [0.05, 0.1) is 0 Å². The highest BCUT2D eigenvalue weighted by Gasteiger charge is 2.19. The Hall–Kier alpha value is -0.980. The zero-order valence-corrected chi connectivity index (χ0v) is 11.3. The molecule has 0 unspecified atom stereocenters. The van der Waals surface area contributed by atoms with E-state index in [-0.39, 0.29) is 11.1 Å². The molecule has 0 bridgehead atoms. The van der Waals surface area contributed by atoms with Crippen molar-refractivity contribution in [2.45, 2.75) is 37.3 Å². The zero-order valence-electron chi connectivity index (χ0n) is 10.5. The molecule has 0 radical (unpaired) electrons. The summed E-state index contributed by atoms with van der Waals surface area (Å²) in [5.74, 6) is 0. The van der Waals surface area contributed by atoms with E-state index in [4.69, 9.17) is 0 Å². The van der Waals surface area contributed by atoms with Gasteiger partial charge in [0.25, 0.3) is 10.0 Å². The van der Waals surface area contributed by atoms with E-state index in [0.29, 0.717) is 6.54 Å². The van der Waals surface area contributed by atoms with Crippen molar-refractivity contribution in [2.75, 3.05) is 13.1 Å². The van der Waals surface area contributed by atoms with Crippen LogP contribution in [0.15, 0.2) is 23.4 Å². The largest absolute Gasteiger partial charge is 0.313 e. The zero-order chi connectivity index (χ0) is 13.0. The lowest BCUT2D eigenvalue weighted by atomic mass is 10.1. The Labute approximate surface area is 108 Å². The maximum absolute atomic E-state index is 12.0. The topological polar surface area (TPSA) is 71.1 Å². The van der Waals surface area contributed by atoms with Crippen LogP contribution in [0.1, 0.15) is 24.8 Å². The fraction of sp³-hybridized carbons (Fsp3) is 0.583. The van der Waals surface area contributed by atoms with Crippen molar-refractivity contribution < 1.29 is 8.42 Å². The van der Waals surface area contributed by atoms with Crippen LogP contribution in [-0.4, -0.2) is 32.5 Å². The minimum Gasteiger partial charge on any atom is -0.313 e. The Morgan fingerprint density at radius 2 is 2.33 bits per heavy atom. The minimum atomic E-state index is -3.48. The lowest BCUT2D eigenvalue weighted by Crippen LogP contribution is -2.43. The summed E-state index contributed by atoms with van der Waals surface area (Å²) in [4.78, 5) is 3.90. The molecule has 2 heterocycles. The molecular weight excluding hydrogens is 250 g/mol. The third-order valence-corrected chi connectivity index (χ3v) is 4.42. The predicted molar refractivity (Wildman–Crippen MR) is 69.8 cm³/mol. The van der Waals surface area contributed by atoms with Gasteiger partial charge in [0.2, 0.25) is 0 Å². The lowest BCUT2D eigenvalue weighted by Gasteiger charge is -2.23. The number of aryl methyl sites for hydroxylation is 1. The van der Waals surface area contributed by atoms with E-state index in [1.165, 1.54) is 12.6 Å². The van der Waals surface area contributed by atoms with E-state index in [1.54, 1.807) is 12.1 Å². The first-order valence-corrected chi connectivity index (χ1v) is 7.72. The quantitative estimate of drug-likeness (QED) is 0.848. The van der Waals surface area contributed by atoms with E-state index in [2.05, 4.69) is 15.0 Å². The van der Waals surface area contributed by atoms with Crippen LogP contribution in [0.3, 0.4) is 0 Å². The Bertz CT molecular complexity index is 496. The van der Waals surface area contributed by atoms with Crippen molar-refractivity contribution in [1.82, 2.24) is 15.0 Å². The van der Waals surface area contributed by atoms with Gasteiger partial charge >= 0.3 is 0 Å². The molecule has 1 fully saturated rings. The molecule has 1 aromatic rings. The van der Waals surface area contributed by atoms with Gasteiger partial charge in [-0.3, -0.25) is 0 Å². The van der Waals surface area contributed by atoms with E-state index in [0.717, 1.165) is 24.9 Å². The summed E-state index contributed by atoms with van der Waals surface area (Å²) in [6, 6.07) is 3.59. The molecule has 0 spiro atoms. The maximum Gasteiger partial charge on any atom is 0.258 e. The van der Waals surface area contributed by atoms with Crippen molar-refractivity contribution >= 4 is 10.0 Å². The van der Waals surface area contributed by atoms with E-state index >= 15 is 0 Å². The molecule has 2 N–H and O–H groups in total. The SMILES string of the molecule is Cc1ccnc(S(=O)(=O)NC[C@@H]2CCCCN2)c1. The molecule has 0 aliphatic carbocycles. The Kier molecular flexibility index (Phi) is 4.31. The summed E-state index contributed by atoms with van der Waals surface area (Å²) in [7, 11) is -3.48. The van der Waals surface area contributed by atoms with Gasteiger partial charge in [0.15, 0.2) is 5.03 Å². The molecule has 1 aliphatic rings. The fourth-order valence-corrected chi connectivity index (χ4v) is 3.15. The first-order chi connectivity index (χ1) is 8.58. The van der Waals surface area contributed by atoms with E-state index in [1.807, 2.05) is 6.92 Å². The highest BCUT2D eigenvalue weighted by atomic mass is 32.2. The molecule has 6 heteroatoms. The van der Waals surface area contributed by atoms with Gasteiger partial charge in [-0.1, -0.05) is 6.42 Å². The summed E-state index contributed by atoms with van der Waals surface area (Å²) >= 11 is 0. The van der Waals surface area contributed by atoms with E-state index < -0.39 is 10.0 Å². The summed E-state index contributed by atoms with van der Waals surface area (Å²) in [6.45, 7) is 3.25. The number of hydrogen-bond acceptors (Lipinski definition) is 4. The lowest BCUT2D eigenvalue weighted by molar-refractivity contribution is 0.398. The molecule has 1 aliphatic heterocycles. The molecule has 2 rings (SSSR count). The van der Waals surface area contributed by atoms with Gasteiger partial charge in [0, 0.05) is 18.8 Å². The average molecular weight is 269 g/mol. The number of piperidine rings is 1. The van der Waals surface area contributed by atoms with Crippen molar-refractivity contribution in [3.63, 3.8) is 0 Å². The van der Waals surface area contributed by atoms with Crippen LogP contribution in [-0.2, 0) is 10.0 Å². The van der Waals surface area contributed by atoms with Gasteiger partial charge < -0.3 is 5.32 Å². The highest BCUT2D eigenvalue weighted by molar-refractivity contribution is 7.89. The first kappa shape index (κ1) is 13.5. The summed E-state index contributed by atoms with van der Waals surface area (Å²) in [5.41, 5.74) is 0.890. The summed E-state index contributed by atoms with van der Waals surface area (Å²) < 4.78 is 26.7. The Morgan fingerprint density at radius 1 is 1.50 bits per heavy atom. The average Bonchev–Trinajstić information content (AvgIpc) is 2.38. The van der Waals surface area contributed by atoms with E-state index in [9.17, 15) is 8.42 Å². The van der Waals surface area contributed by atoms with Crippen molar-refractivity contribution in [2.24, 2.45) is 0 Å². The standard InChI is InChI=1S/C12H19N3O2S/c1-10-5-7-14-12(8-10)18(16,17)15-9-11-4-2-3-6-13-11/h5,7-8,11,13,15H,2-4,6,9H2,1H3/t11-/m0/s1. The highest BCUT2D eigenvalue weighted by Crippen LogP contribution is 2.09. The van der Waals surface area contributed by atoms with Gasteiger partial charge in [0.1, 0.15) is 0 Å². The molecule has 1 saturated heterocycles. The number of nitrogens with zero attached hydrogens (tertiary/aromatic N) is 1. The second-order valence-corrected chi connectivity index (χ2v) is 6.38. The molecule has 100 valence electrons. The van der Waals surface area contributed by atoms with Crippen molar-refractivity contribution in [1.29, 1.82) is 0 Å². The molecule has 1 aromatic heterocycles. The van der Waals surface area contributed by atoms with Gasteiger partial charge in [-0.2, -0.15) is 0 Å². The molecular formula is C12H19N3O2S. The number of pyridine rings is 1. The van der Waals surface area contributed by atoms with Crippen LogP contribution in [0.4, 0.5) is 0 Å². The van der Waals surface area contributed by atoms with Gasteiger partial charge in [-0.05, 0) is 44.0 Å². The molecule has 1 atom stereocenters. The third-order valence-electron chi connectivity index (χ3n) is 3.10. The fourth-order valence-electron chi connectivity index (χ4n) is 2.04. The van der Waals surface area contributed by atoms with Crippen molar-refractivity contribution in [3.8, 4) is 0 Å².